The molecule has 0 aromatic carbocycles. The third kappa shape index (κ3) is 5.66. The number of esters is 1. The van der Waals surface area contributed by atoms with Crippen molar-refractivity contribution >= 4 is 23.3 Å². The number of nitrogens with zero attached hydrogens (tertiary/aromatic N) is 2. The van der Waals surface area contributed by atoms with Gasteiger partial charge in [-0.15, -0.1) is 11.3 Å². The first-order valence-electron chi connectivity index (χ1n) is 6.62. The summed E-state index contributed by atoms with van der Waals surface area (Å²) in [4.78, 5) is 28.3. The highest BCUT2D eigenvalue weighted by molar-refractivity contribution is 7.09. The Morgan fingerprint density at radius 3 is 2.70 bits per heavy atom. The summed E-state index contributed by atoms with van der Waals surface area (Å²) >= 11 is 1.33. The van der Waals surface area contributed by atoms with E-state index in [1.165, 1.54) is 16.7 Å². The molecule has 0 unspecified atom stereocenters. The third-order valence-corrected chi connectivity index (χ3v) is 3.44. The maximum Gasteiger partial charge on any atom is 0.355 e. The average Bonchev–Trinajstić information content (AvgIpc) is 2.85. The zero-order valence-corrected chi connectivity index (χ0v) is 12.6. The second-order valence-electron chi connectivity index (χ2n) is 4.26. The van der Waals surface area contributed by atoms with Gasteiger partial charge in [-0.2, -0.15) is 0 Å². The molecule has 20 heavy (non-hydrogen) atoms. The summed E-state index contributed by atoms with van der Waals surface area (Å²) in [5.74, 6) is -1.22. The molecule has 1 heterocycles. The van der Waals surface area contributed by atoms with Crippen molar-refractivity contribution < 1.29 is 19.4 Å². The number of hydrogen-bond donors (Lipinski definition) is 1. The van der Waals surface area contributed by atoms with E-state index in [4.69, 9.17) is 9.84 Å². The molecular formula is C13H20N2O4S. The van der Waals surface area contributed by atoms with Crippen molar-refractivity contribution in [2.75, 3.05) is 19.7 Å². The second-order valence-corrected chi connectivity index (χ2v) is 5.21. The molecule has 1 aromatic heterocycles. The van der Waals surface area contributed by atoms with E-state index in [-0.39, 0.29) is 11.7 Å². The van der Waals surface area contributed by atoms with Crippen LogP contribution in [0.4, 0.5) is 0 Å². The molecule has 0 saturated carbocycles. The van der Waals surface area contributed by atoms with Gasteiger partial charge in [0.25, 0.3) is 0 Å². The number of hydrogen-bond acceptors (Lipinski definition) is 6. The van der Waals surface area contributed by atoms with Gasteiger partial charge < -0.3 is 9.84 Å². The molecule has 7 heteroatoms. The van der Waals surface area contributed by atoms with Crippen molar-refractivity contribution in [3.05, 3.63) is 16.1 Å². The Hall–Kier alpha value is -1.47. The Bertz CT molecular complexity index is 447. The fourth-order valence-electron chi connectivity index (χ4n) is 1.74. The van der Waals surface area contributed by atoms with E-state index < -0.39 is 5.97 Å². The molecule has 1 rings (SSSR count). The van der Waals surface area contributed by atoms with Crippen LogP contribution in [-0.4, -0.2) is 46.6 Å². The molecule has 0 fully saturated rings. The average molecular weight is 300 g/mol. The summed E-state index contributed by atoms with van der Waals surface area (Å²) in [7, 11) is 0. The lowest BCUT2D eigenvalue weighted by atomic mass is 10.3. The van der Waals surface area contributed by atoms with Crippen LogP contribution in [0.1, 0.15) is 42.2 Å². The second kappa shape index (κ2) is 8.65. The largest absolute Gasteiger partial charge is 0.476 e. The van der Waals surface area contributed by atoms with Crippen molar-refractivity contribution in [3.8, 4) is 0 Å². The molecule has 6 nitrogen and oxygen atoms in total. The quantitative estimate of drug-likeness (QED) is 0.703. The van der Waals surface area contributed by atoms with Crippen LogP contribution in [0.2, 0.25) is 0 Å². The van der Waals surface area contributed by atoms with Crippen molar-refractivity contribution in [2.45, 2.75) is 33.2 Å². The number of carboxylic acid groups (broad SMARTS) is 1. The van der Waals surface area contributed by atoms with Gasteiger partial charge in [-0.1, -0.05) is 6.92 Å². The van der Waals surface area contributed by atoms with E-state index in [2.05, 4.69) is 16.8 Å². The van der Waals surface area contributed by atoms with Crippen LogP contribution in [0.15, 0.2) is 5.38 Å². The van der Waals surface area contributed by atoms with Crippen molar-refractivity contribution in [3.63, 3.8) is 0 Å². The normalized spacial score (nSPS) is 10.8. The molecule has 0 aliphatic rings. The molecule has 0 aliphatic carbocycles. The highest BCUT2D eigenvalue weighted by Gasteiger charge is 2.13. The van der Waals surface area contributed by atoms with Crippen LogP contribution in [0.3, 0.4) is 0 Å². The van der Waals surface area contributed by atoms with E-state index in [1.54, 1.807) is 6.92 Å². The van der Waals surface area contributed by atoms with Crippen molar-refractivity contribution in [2.24, 2.45) is 0 Å². The zero-order valence-electron chi connectivity index (χ0n) is 11.8. The number of aromatic carboxylic acids is 1. The molecule has 0 saturated heterocycles. The van der Waals surface area contributed by atoms with E-state index in [0.717, 1.165) is 18.0 Å². The Kier molecular flexibility index (Phi) is 7.17. The molecule has 1 aromatic rings. The number of ether oxygens (including phenoxy) is 1. The number of thiazole rings is 1. The summed E-state index contributed by atoms with van der Waals surface area (Å²) in [5, 5.41) is 11.1. The van der Waals surface area contributed by atoms with Gasteiger partial charge in [0.05, 0.1) is 19.6 Å². The topological polar surface area (TPSA) is 79.7 Å². The summed E-state index contributed by atoms with van der Waals surface area (Å²) in [5.41, 5.74) is 0.0758. The number of carbonyl (C=O) groups is 2. The lowest BCUT2D eigenvalue weighted by Gasteiger charge is -2.19. The minimum absolute atomic E-state index is 0.0758. The first-order valence-corrected chi connectivity index (χ1v) is 7.50. The van der Waals surface area contributed by atoms with Gasteiger partial charge in [0.2, 0.25) is 0 Å². The predicted octanol–water partition coefficient (Wildman–Crippen LogP) is 2.01. The van der Waals surface area contributed by atoms with Crippen molar-refractivity contribution in [1.29, 1.82) is 0 Å². The van der Waals surface area contributed by atoms with Gasteiger partial charge in [0.1, 0.15) is 5.01 Å². The number of aromatic nitrogens is 1. The standard InChI is InChI=1S/C13H20N2O4S/c1-3-6-15(7-5-12(16)19-4-2)8-11-14-10(9-20-11)13(17)18/h9H,3-8H2,1-2H3,(H,17,18). The van der Waals surface area contributed by atoms with Crippen LogP contribution < -0.4 is 0 Å². The monoisotopic (exact) mass is 300 g/mol. The Balaban J connectivity index is 2.52. The van der Waals surface area contributed by atoms with Gasteiger partial charge in [-0.3, -0.25) is 9.69 Å². The van der Waals surface area contributed by atoms with Crippen LogP contribution in [-0.2, 0) is 16.1 Å². The number of carbonyl (C=O) groups excluding carboxylic acids is 1. The summed E-state index contributed by atoms with van der Waals surface area (Å²) < 4.78 is 4.90. The number of carboxylic acids is 1. The maximum absolute atomic E-state index is 11.4. The summed E-state index contributed by atoms with van der Waals surface area (Å²) in [6.07, 6.45) is 1.30. The maximum atomic E-state index is 11.4. The molecule has 0 bridgehead atoms. The molecule has 0 aliphatic heterocycles. The van der Waals surface area contributed by atoms with E-state index in [9.17, 15) is 9.59 Å². The highest BCUT2D eigenvalue weighted by atomic mass is 32.1. The van der Waals surface area contributed by atoms with Crippen LogP contribution in [0.5, 0.6) is 0 Å². The van der Waals surface area contributed by atoms with Crippen LogP contribution in [0.25, 0.3) is 0 Å². The van der Waals surface area contributed by atoms with Gasteiger partial charge in [-0.25, -0.2) is 9.78 Å². The van der Waals surface area contributed by atoms with Crippen molar-refractivity contribution in [1.82, 2.24) is 9.88 Å². The smallest absolute Gasteiger partial charge is 0.355 e. The molecule has 0 atom stereocenters. The third-order valence-electron chi connectivity index (χ3n) is 2.61. The first kappa shape index (κ1) is 16.6. The molecule has 0 radical (unpaired) electrons. The minimum Gasteiger partial charge on any atom is -0.476 e. The Morgan fingerprint density at radius 1 is 1.40 bits per heavy atom. The predicted molar refractivity (Wildman–Crippen MR) is 75.9 cm³/mol. The lowest BCUT2D eigenvalue weighted by Crippen LogP contribution is -2.27. The molecular weight excluding hydrogens is 280 g/mol. The lowest BCUT2D eigenvalue weighted by molar-refractivity contribution is -0.143. The van der Waals surface area contributed by atoms with E-state index in [0.29, 0.717) is 26.1 Å². The first-order chi connectivity index (χ1) is 9.56. The fraction of sp³-hybridized carbons (Fsp3) is 0.615. The Morgan fingerprint density at radius 2 is 2.15 bits per heavy atom. The minimum atomic E-state index is -1.01. The van der Waals surface area contributed by atoms with E-state index >= 15 is 0 Å². The van der Waals surface area contributed by atoms with Crippen LogP contribution >= 0.6 is 11.3 Å². The Labute approximate surface area is 122 Å². The van der Waals surface area contributed by atoms with Gasteiger partial charge in [-0.05, 0) is 19.9 Å². The highest BCUT2D eigenvalue weighted by Crippen LogP contribution is 2.13. The summed E-state index contributed by atoms with van der Waals surface area (Å²) in [6, 6.07) is 0. The van der Waals surface area contributed by atoms with Gasteiger partial charge in [0, 0.05) is 11.9 Å². The summed E-state index contributed by atoms with van der Waals surface area (Å²) in [6.45, 7) is 6.22. The molecule has 1 N–H and O–H groups in total. The molecule has 0 spiro atoms. The van der Waals surface area contributed by atoms with Crippen LogP contribution in [0, 0.1) is 0 Å². The van der Waals surface area contributed by atoms with E-state index in [1.807, 2.05) is 0 Å². The fourth-order valence-corrected chi connectivity index (χ4v) is 2.55. The van der Waals surface area contributed by atoms with Gasteiger partial charge >= 0.3 is 11.9 Å². The number of rotatable bonds is 9. The van der Waals surface area contributed by atoms with Gasteiger partial charge in [0.15, 0.2) is 5.69 Å². The molecule has 112 valence electrons. The SMILES string of the molecule is CCCN(CCC(=O)OCC)Cc1nc(C(=O)O)cs1. The molecule has 0 amide bonds. The zero-order chi connectivity index (χ0) is 15.0.